The fourth-order valence-corrected chi connectivity index (χ4v) is 3.19. The van der Waals surface area contributed by atoms with Crippen LogP contribution in [-0.4, -0.2) is 4.98 Å². The summed E-state index contributed by atoms with van der Waals surface area (Å²) in [4.78, 5) is 4.80. The van der Waals surface area contributed by atoms with Gasteiger partial charge in [0.1, 0.15) is 17.5 Å². The number of hydrogen-bond acceptors (Lipinski definition) is 3. The van der Waals surface area contributed by atoms with Crippen molar-refractivity contribution in [3.63, 3.8) is 0 Å². The molecule has 0 saturated carbocycles. The third-order valence-electron chi connectivity index (χ3n) is 4.68. The van der Waals surface area contributed by atoms with Crippen molar-refractivity contribution >= 4 is 11.5 Å². The molecular formula is C25H19N3. The lowest BCUT2D eigenvalue weighted by Gasteiger charge is -2.15. The number of rotatable bonds is 4. The summed E-state index contributed by atoms with van der Waals surface area (Å²) in [5.74, 6) is 0.567. The molecule has 1 N–H and O–H groups in total. The van der Waals surface area contributed by atoms with Crippen LogP contribution in [0.3, 0.4) is 0 Å². The maximum Gasteiger partial charge on any atom is 0.149 e. The number of aromatic nitrogens is 1. The minimum absolute atomic E-state index is 0.536. The summed E-state index contributed by atoms with van der Waals surface area (Å²) in [6.45, 7) is 2.04. The van der Waals surface area contributed by atoms with Crippen molar-refractivity contribution in [3.05, 3.63) is 102 Å². The van der Waals surface area contributed by atoms with Gasteiger partial charge in [-0.3, -0.25) is 0 Å². The Morgan fingerprint density at radius 2 is 1.39 bits per heavy atom. The number of hydrogen-bond donors (Lipinski definition) is 1. The zero-order valence-corrected chi connectivity index (χ0v) is 15.6. The summed E-state index contributed by atoms with van der Waals surface area (Å²) in [6.07, 6.45) is 0. The Balaban J connectivity index is 1.93. The van der Waals surface area contributed by atoms with Crippen molar-refractivity contribution < 1.29 is 0 Å². The Kier molecular flexibility index (Phi) is 4.86. The van der Waals surface area contributed by atoms with Crippen LogP contribution < -0.4 is 5.32 Å². The van der Waals surface area contributed by atoms with Gasteiger partial charge in [-0.2, -0.15) is 5.26 Å². The number of benzene rings is 3. The first kappa shape index (κ1) is 17.5. The van der Waals surface area contributed by atoms with Gasteiger partial charge in [0.15, 0.2) is 0 Å². The van der Waals surface area contributed by atoms with E-state index in [1.807, 2.05) is 97.9 Å². The van der Waals surface area contributed by atoms with Gasteiger partial charge in [-0.05, 0) is 30.2 Å². The van der Waals surface area contributed by atoms with E-state index in [9.17, 15) is 5.26 Å². The quantitative estimate of drug-likeness (QED) is 0.461. The topological polar surface area (TPSA) is 48.7 Å². The fourth-order valence-electron chi connectivity index (χ4n) is 3.19. The van der Waals surface area contributed by atoms with E-state index in [0.29, 0.717) is 11.4 Å². The molecule has 134 valence electrons. The smallest absolute Gasteiger partial charge is 0.149 e. The number of nitrogens with zero attached hydrogens (tertiary/aromatic N) is 2. The van der Waals surface area contributed by atoms with Gasteiger partial charge in [-0.1, -0.05) is 78.9 Å². The lowest BCUT2D eigenvalue weighted by Crippen LogP contribution is -2.02. The molecule has 0 unspecified atom stereocenters. The van der Waals surface area contributed by atoms with Crippen LogP contribution in [0.1, 0.15) is 11.1 Å². The molecule has 0 atom stereocenters. The molecule has 1 heterocycles. The number of para-hydroxylation sites is 1. The summed E-state index contributed by atoms with van der Waals surface area (Å²) in [5.41, 5.74) is 6.27. The minimum atomic E-state index is 0.536. The average molecular weight is 361 g/mol. The van der Waals surface area contributed by atoms with Gasteiger partial charge in [0.2, 0.25) is 0 Å². The second kappa shape index (κ2) is 7.77. The lowest BCUT2D eigenvalue weighted by molar-refractivity contribution is 1.28. The summed E-state index contributed by atoms with van der Waals surface area (Å²) < 4.78 is 0. The van der Waals surface area contributed by atoms with Gasteiger partial charge in [-0.15, -0.1) is 0 Å². The molecular weight excluding hydrogens is 342 g/mol. The molecule has 3 heteroatoms. The Morgan fingerprint density at radius 1 is 0.786 bits per heavy atom. The Hall–Kier alpha value is -3.90. The molecule has 0 aliphatic heterocycles. The van der Waals surface area contributed by atoms with E-state index in [0.717, 1.165) is 33.6 Å². The van der Waals surface area contributed by atoms with E-state index in [4.69, 9.17) is 4.98 Å². The highest BCUT2D eigenvalue weighted by molar-refractivity contribution is 5.82. The second-order valence-corrected chi connectivity index (χ2v) is 6.56. The zero-order chi connectivity index (χ0) is 19.3. The summed E-state index contributed by atoms with van der Waals surface area (Å²) in [5, 5.41) is 13.3. The van der Waals surface area contributed by atoms with E-state index in [1.165, 1.54) is 0 Å². The second-order valence-electron chi connectivity index (χ2n) is 6.56. The van der Waals surface area contributed by atoms with E-state index >= 15 is 0 Å². The number of nitrogens with one attached hydrogen (secondary N) is 1. The molecule has 0 radical (unpaired) electrons. The molecule has 3 aromatic carbocycles. The molecule has 0 aliphatic rings. The van der Waals surface area contributed by atoms with Crippen molar-refractivity contribution in [1.29, 1.82) is 5.26 Å². The van der Waals surface area contributed by atoms with Crippen LogP contribution in [0.5, 0.6) is 0 Å². The standard InChI is InChI=1S/C25H19N3/c1-18-10-8-9-15-23(18)27-25-22(17-26)21(19-11-4-2-5-12-19)16-24(28-25)20-13-6-3-7-14-20/h2-16H,1H3,(H,27,28). The number of anilines is 2. The van der Waals surface area contributed by atoms with Crippen LogP contribution in [0.25, 0.3) is 22.4 Å². The summed E-state index contributed by atoms with van der Waals surface area (Å²) >= 11 is 0. The van der Waals surface area contributed by atoms with Crippen LogP contribution in [0.15, 0.2) is 91.0 Å². The molecule has 0 fully saturated rings. The van der Waals surface area contributed by atoms with Crippen molar-refractivity contribution in [3.8, 4) is 28.5 Å². The first-order valence-electron chi connectivity index (χ1n) is 9.15. The predicted molar refractivity (Wildman–Crippen MR) is 114 cm³/mol. The monoisotopic (exact) mass is 361 g/mol. The average Bonchev–Trinajstić information content (AvgIpc) is 2.76. The van der Waals surface area contributed by atoms with Crippen molar-refractivity contribution in [2.24, 2.45) is 0 Å². The Labute approximate surface area is 164 Å². The maximum absolute atomic E-state index is 9.94. The van der Waals surface area contributed by atoms with Gasteiger partial charge < -0.3 is 5.32 Å². The van der Waals surface area contributed by atoms with Crippen molar-refractivity contribution in [1.82, 2.24) is 4.98 Å². The number of nitriles is 1. The predicted octanol–water partition coefficient (Wildman–Crippen LogP) is 6.34. The largest absolute Gasteiger partial charge is 0.339 e. The highest BCUT2D eigenvalue weighted by Gasteiger charge is 2.16. The SMILES string of the molecule is Cc1ccccc1Nc1nc(-c2ccccc2)cc(-c2ccccc2)c1C#N. The highest BCUT2D eigenvalue weighted by Crippen LogP contribution is 2.33. The molecule has 0 spiro atoms. The zero-order valence-electron chi connectivity index (χ0n) is 15.6. The number of aryl methyl sites for hydroxylation is 1. The molecule has 28 heavy (non-hydrogen) atoms. The van der Waals surface area contributed by atoms with Gasteiger partial charge in [0.05, 0.1) is 5.69 Å². The third kappa shape index (κ3) is 3.49. The van der Waals surface area contributed by atoms with Gasteiger partial charge in [0, 0.05) is 16.8 Å². The van der Waals surface area contributed by atoms with Crippen LogP contribution in [0.4, 0.5) is 11.5 Å². The Morgan fingerprint density at radius 3 is 2.04 bits per heavy atom. The molecule has 0 saturated heterocycles. The van der Waals surface area contributed by atoms with Crippen molar-refractivity contribution in [2.45, 2.75) is 6.92 Å². The number of pyridine rings is 1. The summed E-state index contributed by atoms with van der Waals surface area (Å²) in [7, 11) is 0. The van der Waals surface area contributed by atoms with E-state index in [2.05, 4.69) is 11.4 Å². The van der Waals surface area contributed by atoms with Crippen LogP contribution >= 0.6 is 0 Å². The molecule has 4 aromatic rings. The fraction of sp³-hybridized carbons (Fsp3) is 0.0400. The Bertz CT molecular complexity index is 1140. The van der Waals surface area contributed by atoms with Gasteiger partial charge >= 0.3 is 0 Å². The molecule has 4 rings (SSSR count). The normalized spacial score (nSPS) is 10.3. The van der Waals surface area contributed by atoms with E-state index in [-0.39, 0.29) is 0 Å². The lowest BCUT2D eigenvalue weighted by atomic mass is 9.98. The van der Waals surface area contributed by atoms with Gasteiger partial charge in [0.25, 0.3) is 0 Å². The summed E-state index contributed by atoms with van der Waals surface area (Å²) in [6, 6.07) is 32.3. The molecule has 0 bridgehead atoms. The molecule has 3 nitrogen and oxygen atoms in total. The van der Waals surface area contributed by atoms with Crippen LogP contribution in [0, 0.1) is 18.3 Å². The molecule has 0 amide bonds. The highest BCUT2D eigenvalue weighted by atomic mass is 15.0. The van der Waals surface area contributed by atoms with Crippen LogP contribution in [0.2, 0.25) is 0 Å². The first-order valence-corrected chi connectivity index (χ1v) is 9.15. The molecule has 0 aliphatic carbocycles. The first-order chi connectivity index (χ1) is 13.8. The third-order valence-corrected chi connectivity index (χ3v) is 4.68. The van der Waals surface area contributed by atoms with Crippen LogP contribution in [-0.2, 0) is 0 Å². The molecule has 1 aromatic heterocycles. The maximum atomic E-state index is 9.94. The van der Waals surface area contributed by atoms with E-state index in [1.54, 1.807) is 0 Å². The minimum Gasteiger partial charge on any atom is -0.339 e. The van der Waals surface area contributed by atoms with E-state index < -0.39 is 0 Å². The van der Waals surface area contributed by atoms with Crippen molar-refractivity contribution in [2.75, 3.05) is 5.32 Å². The van der Waals surface area contributed by atoms with Gasteiger partial charge in [-0.25, -0.2) is 4.98 Å².